The lowest BCUT2D eigenvalue weighted by atomic mass is 10.3. The highest BCUT2D eigenvalue weighted by Gasteiger charge is 2.12. The van der Waals surface area contributed by atoms with E-state index in [9.17, 15) is 0 Å². The number of rotatable bonds is 3. The summed E-state index contributed by atoms with van der Waals surface area (Å²) in [6.45, 7) is 0.670. The summed E-state index contributed by atoms with van der Waals surface area (Å²) in [5.41, 5.74) is 2.01. The zero-order valence-electron chi connectivity index (χ0n) is 10.3. The Kier molecular flexibility index (Phi) is 3.33. The van der Waals surface area contributed by atoms with Crippen LogP contribution >= 0.6 is 27.5 Å². The third-order valence-electron chi connectivity index (χ3n) is 3.13. The third kappa shape index (κ3) is 2.28. The van der Waals surface area contributed by atoms with Gasteiger partial charge in [-0.05, 0) is 18.2 Å². The fourth-order valence-corrected chi connectivity index (χ4v) is 2.67. The van der Waals surface area contributed by atoms with Gasteiger partial charge in [0.05, 0.1) is 23.5 Å². The number of alkyl halides is 1. The Hall–Kier alpha value is -1.33. The number of imidazole rings is 2. The van der Waals surface area contributed by atoms with E-state index in [1.807, 2.05) is 36.0 Å². The normalized spacial score (nSPS) is 11.3. The van der Waals surface area contributed by atoms with E-state index < -0.39 is 0 Å². The molecule has 19 heavy (non-hydrogen) atoms. The highest BCUT2D eigenvalue weighted by atomic mass is 79.9. The number of hydrogen-bond acceptors (Lipinski definition) is 2. The summed E-state index contributed by atoms with van der Waals surface area (Å²) in [6, 6.07) is 6.06. The Bertz CT molecular complexity index is 731. The standard InChI is InChI=1S/C13H12BrClN4/c1-18-5-4-16-13(18)8-19-11-3-2-9(14)6-10(11)17-12(19)7-15/h2-6H,7-8H2,1H3. The molecule has 0 amide bonds. The molecule has 0 aliphatic carbocycles. The van der Waals surface area contributed by atoms with Gasteiger partial charge in [-0.2, -0.15) is 0 Å². The molecule has 0 fully saturated rings. The van der Waals surface area contributed by atoms with Gasteiger partial charge in [0.15, 0.2) is 0 Å². The molecule has 0 aliphatic rings. The van der Waals surface area contributed by atoms with Crippen molar-refractivity contribution in [1.29, 1.82) is 0 Å². The largest absolute Gasteiger partial charge is 0.337 e. The molecule has 2 aromatic heterocycles. The van der Waals surface area contributed by atoms with Crippen molar-refractivity contribution in [3.05, 3.63) is 46.7 Å². The van der Waals surface area contributed by atoms with Gasteiger partial charge in [-0.15, -0.1) is 11.6 Å². The first-order chi connectivity index (χ1) is 9.19. The Morgan fingerprint density at radius 3 is 2.84 bits per heavy atom. The third-order valence-corrected chi connectivity index (χ3v) is 3.86. The number of fused-ring (bicyclic) bond motifs is 1. The summed E-state index contributed by atoms with van der Waals surface area (Å²) in [7, 11) is 1.98. The molecule has 0 aliphatic heterocycles. The van der Waals surface area contributed by atoms with Crippen molar-refractivity contribution in [2.45, 2.75) is 12.4 Å². The van der Waals surface area contributed by atoms with Crippen LogP contribution in [0.3, 0.4) is 0 Å². The van der Waals surface area contributed by atoms with Crippen molar-refractivity contribution in [3.63, 3.8) is 0 Å². The molecule has 0 spiro atoms. The predicted molar refractivity (Wildman–Crippen MR) is 79.3 cm³/mol. The van der Waals surface area contributed by atoms with Crippen LogP contribution in [0.2, 0.25) is 0 Å². The summed E-state index contributed by atoms with van der Waals surface area (Å²) >= 11 is 9.46. The molecule has 0 saturated carbocycles. The molecule has 6 heteroatoms. The van der Waals surface area contributed by atoms with Gasteiger partial charge in [0.1, 0.15) is 11.6 Å². The van der Waals surface area contributed by atoms with Crippen LogP contribution < -0.4 is 0 Å². The Morgan fingerprint density at radius 1 is 1.32 bits per heavy atom. The highest BCUT2D eigenvalue weighted by Crippen LogP contribution is 2.22. The van der Waals surface area contributed by atoms with Crippen LogP contribution in [0.5, 0.6) is 0 Å². The summed E-state index contributed by atoms with van der Waals surface area (Å²) in [6.07, 6.45) is 3.73. The smallest absolute Gasteiger partial charge is 0.128 e. The lowest BCUT2D eigenvalue weighted by Crippen LogP contribution is -2.08. The fourth-order valence-electron chi connectivity index (χ4n) is 2.12. The fraction of sp³-hybridized carbons (Fsp3) is 0.231. The highest BCUT2D eigenvalue weighted by molar-refractivity contribution is 9.10. The van der Waals surface area contributed by atoms with Crippen LogP contribution in [-0.2, 0) is 19.5 Å². The number of halogens is 2. The molecule has 4 nitrogen and oxygen atoms in total. The predicted octanol–water partition coefficient (Wildman–Crippen LogP) is 3.32. The zero-order valence-corrected chi connectivity index (χ0v) is 12.7. The first-order valence-electron chi connectivity index (χ1n) is 5.86. The molecule has 0 N–H and O–H groups in total. The van der Waals surface area contributed by atoms with Gasteiger partial charge in [0.25, 0.3) is 0 Å². The summed E-state index contributed by atoms with van der Waals surface area (Å²) < 4.78 is 5.13. The maximum Gasteiger partial charge on any atom is 0.128 e. The monoisotopic (exact) mass is 338 g/mol. The lowest BCUT2D eigenvalue weighted by molar-refractivity contribution is 0.693. The maximum absolute atomic E-state index is 6.00. The Balaban J connectivity index is 2.13. The van der Waals surface area contributed by atoms with Crippen molar-refractivity contribution in [2.75, 3.05) is 0 Å². The van der Waals surface area contributed by atoms with Gasteiger partial charge < -0.3 is 9.13 Å². The molecule has 0 atom stereocenters. The van der Waals surface area contributed by atoms with Crippen molar-refractivity contribution in [2.24, 2.45) is 7.05 Å². The summed E-state index contributed by atoms with van der Waals surface area (Å²) in [5, 5.41) is 0. The molecule has 0 radical (unpaired) electrons. The number of aromatic nitrogens is 4. The van der Waals surface area contributed by atoms with Crippen LogP contribution in [0.4, 0.5) is 0 Å². The van der Waals surface area contributed by atoms with E-state index in [2.05, 4.69) is 30.5 Å². The van der Waals surface area contributed by atoms with Gasteiger partial charge in [0, 0.05) is 23.9 Å². The molecule has 98 valence electrons. The van der Waals surface area contributed by atoms with Crippen LogP contribution in [-0.4, -0.2) is 19.1 Å². The van der Waals surface area contributed by atoms with Crippen LogP contribution in [0, 0.1) is 0 Å². The molecule has 2 heterocycles. The molecule has 1 aromatic carbocycles. The maximum atomic E-state index is 6.00. The molecular weight excluding hydrogens is 328 g/mol. The van der Waals surface area contributed by atoms with Crippen molar-refractivity contribution in [3.8, 4) is 0 Å². The lowest BCUT2D eigenvalue weighted by Gasteiger charge is -2.07. The minimum Gasteiger partial charge on any atom is -0.337 e. The van der Waals surface area contributed by atoms with E-state index in [1.54, 1.807) is 6.20 Å². The van der Waals surface area contributed by atoms with E-state index in [0.717, 1.165) is 27.2 Å². The van der Waals surface area contributed by atoms with Crippen LogP contribution in [0.15, 0.2) is 35.1 Å². The second-order valence-electron chi connectivity index (χ2n) is 4.34. The van der Waals surface area contributed by atoms with Crippen molar-refractivity contribution < 1.29 is 0 Å². The van der Waals surface area contributed by atoms with Gasteiger partial charge in [-0.1, -0.05) is 15.9 Å². The number of aryl methyl sites for hydroxylation is 1. The average Bonchev–Trinajstić information content (AvgIpc) is 2.94. The Labute approximate surface area is 124 Å². The first kappa shape index (κ1) is 12.7. The Morgan fingerprint density at radius 2 is 2.16 bits per heavy atom. The number of nitrogens with zero attached hydrogens (tertiary/aromatic N) is 4. The van der Waals surface area contributed by atoms with E-state index in [4.69, 9.17) is 11.6 Å². The van der Waals surface area contributed by atoms with Gasteiger partial charge in [-0.25, -0.2) is 9.97 Å². The second-order valence-corrected chi connectivity index (χ2v) is 5.52. The van der Waals surface area contributed by atoms with Gasteiger partial charge in [-0.3, -0.25) is 0 Å². The molecule has 0 saturated heterocycles. The SMILES string of the molecule is Cn1ccnc1Cn1c(CCl)nc2cc(Br)ccc21. The van der Waals surface area contributed by atoms with Crippen molar-refractivity contribution in [1.82, 2.24) is 19.1 Å². The van der Waals surface area contributed by atoms with Crippen molar-refractivity contribution >= 4 is 38.6 Å². The topological polar surface area (TPSA) is 35.6 Å². The molecule has 3 rings (SSSR count). The minimum atomic E-state index is 0.386. The summed E-state index contributed by atoms with van der Waals surface area (Å²) in [5.74, 6) is 2.22. The molecule has 0 unspecified atom stereocenters. The molecule has 3 aromatic rings. The number of benzene rings is 1. The van der Waals surface area contributed by atoms with Crippen LogP contribution in [0.25, 0.3) is 11.0 Å². The molecular formula is C13H12BrClN4. The average molecular weight is 340 g/mol. The first-order valence-corrected chi connectivity index (χ1v) is 7.18. The van der Waals surface area contributed by atoms with E-state index in [0.29, 0.717) is 12.4 Å². The van der Waals surface area contributed by atoms with E-state index in [1.165, 1.54) is 0 Å². The van der Waals surface area contributed by atoms with Crippen LogP contribution in [0.1, 0.15) is 11.6 Å². The van der Waals surface area contributed by atoms with Gasteiger partial charge >= 0.3 is 0 Å². The van der Waals surface area contributed by atoms with Gasteiger partial charge in [0.2, 0.25) is 0 Å². The van der Waals surface area contributed by atoms with E-state index in [-0.39, 0.29) is 0 Å². The summed E-state index contributed by atoms with van der Waals surface area (Å²) in [4.78, 5) is 8.92. The number of hydrogen-bond donors (Lipinski definition) is 0. The quantitative estimate of drug-likeness (QED) is 0.686. The zero-order chi connectivity index (χ0) is 13.4. The van der Waals surface area contributed by atoms with E-state index >= 15 is 0 Å². The minimum absolute atomic E-state index is 0.386. The molecule has 0 bridgehead atoms. The second kappa shape index (κ2) is 4.98.